The summed E-state index contributed by atoms with van der Waals surface area (Å²) in [5.74, 6) is -2.55. The standard InChI is InChI=1S/2C22H26FN3O3/c2*1-14-19-10-11-25(21(27)16-4-6-17(7-5-16)22(28)29)13-20(19)26(24-14)12-15-2-8-18(23)9-3-15/h2*2-3,8-9,16-17H,4-7,10-13H2,1H3,(H,28,29). The summed E-state index contributed by atoms with van der Waals surface area (Å²) < 4.78 is 30.2. The molecule has 0 bridgehead atoms. The lowest BCUT2D eigenvalue weighted by Gasteiger charge is -2.33. The summed E-state index contributed by atoms with van der Waals surface area (Å²) in [6.07, 6.45) is 6.44. The Morgan fingerprint density at radius 1 is 0.569 bits per heavy atom. The van der Waals surface area contributed by atoms with Gasteiger partial charge in [0.05, 0.1) is 60.8 Å². The zero-order valence-electron chi connectivity index (χ0n) is 33.2. The molecule has 4 aliphatic rings. The molecule has 0 atom stereocenters. The molecule has 0 radical (unpaired) electrons. The predicted molar refractivity (Wildman–Crippen MR) is 209 cm³/mol. The van der Waals surface area contributed by atoms with Gasteiger partial charge in [0.15, 0.2) is 0 Å². The fraction of sp³-hybridized carbons (Fsp3) is 0.500. The minimum Gasteiger partial charge on any atom is -0.481 e. The van der Waals surface area contributed by atoms with Crippen LogP contribution in [0.4, 0.5) is 8.78 Å². The maximum Gasteiger partial charge on any atom is 0.306 e. The van der Waals surface area contributed by atoms with Crippen LogP contribution in [0.2, 0.25) is 0 Å². The van der Waals surface area contributed by atoms with Crippen molar-refractivity contribution in [3.05, 3.63) is 105 Å². The third kappa shape index (κ3) is 9.16. The maximum absolute atomic E-state index is 13.2. The molecule has 2 aliphatic heterocycles. The lowest BCUT2D eigenvalue weighted by Crippen LogP contribution is -2.41. The molecule has 2 saturated carbocycles. The van der Waals surface area contributed by atoms with E-state index in [1.807, 2.05) is 33.0 Å². The largest absolute Gasteiger partial charge is 0.481 e. The van der Waals surface area contributed by atoms with Crippen molar-refractivity contribution in [3.8, 4) is 0 Å². The Kier molecular flexibility index (Phi) is 12.4. The molecule has 14 heteroatoms. The molecule has 12 nitrogen and oxygen atoms in total. The van der Waals surface area contributed by atoms with Gasteiger partial charge in [-0.15, -0.1) is 0 Å². The van der Waals surface area contributed by atoms with Crippen molar-refractivity contribution in [1.82, 2.24) is 29.4 Å². The number of aryl methyl sites for hydroxylation is 2. The van der Waals surface area contributed by atoms with Crippen LogP contribution in [-0.2, 0) is 58.2 Å². The molecule has 2 N–H and O–H groups in total. The van der Waals surface area contributed by atoms with Gasteiger partial charge in [-0.3, -0.25) is 28.5 Å². The summed E-state index contributed by atoms with van der Waals surface area (Å²) >= 11 is 0. The highest BCUT2D eigenvalue weighted by molar-refractivity contribution is 5.80. The third-order valence-corrected chi connectivity index (χ3v) is 12.6. The molecular formula is C44H52F2N6O6. The van der Waals surface area contributed by atoms with Crippen LogP contribution in [0.5, 0.6) is 0 Å². The number of benzene rings is 2. The Balaban J connectivity index is 0.000000177. The summed E-state index contributed by atoms with van der Waals surface area (Å²) in [5, 5.41) is 27.7. The first-order chi connectivity index (χ1) is 27.8. The fourth-order valence-electron chi connectivity index (χ4n) is 9.20. The molecule has 0 saturated heterocycles. The van der Waals surface area contributed by atoms with E-state index in [1.54, 1.807) is 24.3 Å². The molecule has 308 valence electrons. The number of aliphatic carboxylic acids is 2. The summed E-state index contributed by atoms with van der Waals surface area (Å²) in [6.45, 7) is 7.46. The molecule has 2 fully saturated rings. The first-order valence-electron chi connectivity index (χ1n) is 20.5. The molecule has 4 aromatic rings. The summed E-state index contributed by atoms with van der Waals surface area (Å²) in [7, 11) is 0. The second kappa shape index (κ2) is 17.6. The highest BCUT2D eigenvalue weighted by Crippen LogP contribution is 2.34. The smallest absolute Gasteiger partial charge is 0.306 e. The van der Waals surface area contributed by atoms with Gasteiger partial charge >= 0.3 is 11.9 Å². The van der Waals surface area contributed by atoms with Crippen molar-refractivity contribution in [2.24, 2.45) is 23.7 Å². The van der Waals surface area contributed by atoms with E-state index in [2.05, 4.69) is 10.2 Å². The van der Waals surface area contributed by atoms with Gasteiger partial charge in [0, 0.05) is 24.9 Å². The molecule has 58 heavy (non-hydrogen) atoms. The third-order valence-electron chi connectivity index (χ3n) is 12.6. The maximum atomic E-state index is 13.2. The van der Waals surface area contributed by atoms with E-state index >= 15 is 0 Å². The zero-order chi connectivity index (χ0) is 41.1. The summed E-state index contributed by atoms with van der Waals surface area (Å²) in [5.41, 5.74) is 8.39. The van der Waals surface area contributed by atoms with Crippen LogP contribution in [0.3, 0.4) is 0 Å². The number of carbonyl (C=O) groups is 4. The van der Waals surface area contributed by atoms with Crippen LogP contribution in [-0.4, -0.2) is 76.4 Å². The number of halogens is 2. The van der Waals surface area contributed by atoms with Crippen LogP contribution >= 0.6 is 0 Å². The Morgan fingerprint density at radius 3 is 1.22 bits per heavy atom. The van der Waals surface area contributed by atoms with Crippen molar-refractivity contribution < 1.29 is 38.2 Å². The van der Waals surface area contributed by atoms with E-state index in [0.717, 1.165) is 46.7 Å². The number of aromatic nitrogens is 4. The van der Waals surface area contributed by atoms with Crippen LogP contribution in [0, 0.1) is 49.2 Å². The van der Waals surface area contributed by atoms with Gasteiger partial charge in [-0.25, -0.2) is 8.78 Å². The van der Waals surface area contributed by atoms with E-state index in [0.29, 0.717) is 90.6 Å². The van der Waals surface area contributed by atoms with Crippen molar-refractivity contribution in [2.75, 3.05) is 13.1 Å². The van der Waals surface area contributed by atoms with Crippen molar-refractivity contribution in [1.29, 1.82) is 0 Å². The van der Waals surface area contributed by atoms with Gasteiger partial charge in [0.1, 0.15) is 11.6 Å². The van der Waals surface area contributed by atoms with E-state index in [-0.39, 0.29) is 47.1 Å². The van der Waals surface area contributed by atoms with E-state index in [4.69, 9.17) is 10.2 Å². The lowest BCUT2D eigenvalue weighted by atomic mass is 9.81. The quantitative estimate of drug-likeness (QED) is 0.211. The van der Waals surface area contributed by atoms with Gasteiger partial charge in [0.25, 0.3) is 0 Å². The first-order valence-corrected chi connectivity index (χ1v) is 20.5. The average molecular weight is 799 g/mol. The Hall–Kier alpha value is -5.40. The van der Waals surface area contributed by atoms with Crippen LogP contribution in [0.15, 0.2) is 48.5 Å². The first kappa shape index (κ1) is 40.8. The number of hydrogen-bond donors (Lipinski definition) is 2. The summed E-state index contributed by atoms with van der Waals surface area (Å²) in [4.78, 5) is 52.2. The normalized spacial score (nSPS) is 21.7. The number of rotatable bonds is 8. The lowest BCUT2D eigenvalue weighted by molar-refractivity contribution is -0.146. The number of nitrogens with zero attached hydrogens (tertiary/aromatic N) is 6. The van der Waals surface area contributed by atoms with Gasteiger partial charge < -0.3 is 20.0 Å². The highest BCUT2D eigenvalue weighted by atomic mass is 19.1. The number of amides is 2. The van der Waals surface area contributed by atoms with Gasteiger partial charge in [-0.2, -0.15) is 10.2 Å². The average Bonchev–Trinajstić information content (AvgIpc) is 3.72. The van der Waals surface area contributed by atoms with Gasteiger partial charge in [-0.1, -0.05) is 24.3 Å². The molecule has 0 unspecified atom stereocenters. The minimum absolute atomic E-state index is 0.0817. The Morgan fingerprint density at radius 2 is 0.897 bits per heavy atom. The number of fused-ring (bicyclic) bond motifs is 2. The van der Waals surface area contributed by atoms with Crippen molar-refractivity contribution in [3.63, 3.8) is 0 Å². The topological polar surface area (TPSA) is 151 Å². The van der Waals surface area contributed by atoms with E-state index < -0.39 is 11.9 Å². The SMILES string of the molecule is Cc1nn(Cc2ccc(F)cc2)c2c1CCN(C(=O)C1CCC(C(=O)O)CC1)C2.Cc1nn(Cc2ccc(F)cc2)c2c1CCN(C(=O)C1CCC(C(=O)O)CC1)C2. The van der Waals surface area contributed by atoms with Crippen LogP contribution in [0.1, 0.15) is 96.4 Å². The monoisotopic (exact) mass is 798 g/mol. The molecule has 4 heterocycles. The summed E-state index contributed by atoms with van der Waals surface area (Å²) in [6, 6.07) is 12.8. The number of carboxylic acids is 2. The minimum atomic E-state index is -0.751. The van der Waals surface area contributed by atoms with E-state index in [9.17, 15) is 28.0 Å². The van der Waals surface area contributed by atoms with Gasteiger partial charge in [-0.05, 0) is 125 Å². The van der Waals surface area contributed by atoms with Gasteiger partial charge in [0.2, 0.25) is 11.8 Å². The Labute approximate surface area is 336 Å². The van der Waals surface area contributed by atoms with Crippen molar-refractivity contribution in [2.45, 2.75) is 104 Å². The second-order valence-electron chi connectivity index (χ2n) is 16.4. The Bertz CT molecular complexity index is 1980. The molecule has 2 aromatic carbocycles. The molecule has 0 spiro atoms. The second-order valence-corrected chi connectivity index (χ2v) is 16.4. The zero-order valence-corrected chi connectivity index (χ0v) is 33.2. The molecule has 2 aromatic heterocycles. The molecule has 2 aliphatic carbocycles. The van der Waals surface area contributed by atoms with Crippen LogP contribution in [0.25, 0.3) is 0 Å². The number of hydrogen-bond acceptors (Lipinski definition) is 6. The number of carbonyl (C=O) groups excluding carboxylic acids is 2. The predicted octanol–water partition coefficient (Wildman–Crippen LogP) is 6.31. The number of carboxylic acid groups (broad SMARTS) is 2. The molecular weight excluding hydrogens is 747 g/mol. The molecule has 8 rings (SSSR count). The fourth-order valence-corrected chi connectivity index (χ4v) is 9.20. The molecule has 2 amide bonds. The van der Waals surface area contributed by atoms with E-state index in [1.165, 1.54) is 35.4 Å². The highest BCUT2D eigenvalue weighted by Gasteiger charge is 2.36. The van der Waals surface area contributed by atoms with Crippen LogP contribution < -0.4 is 0 Å². The van der Waals surface area contributed by atoms with Crippen molar-refractivity contribution >= 4 is 23.8 Å².